The number of phenolic OH excluding ortho intramolecular Hbond substituents is 1. The van der Waals surface area contributed by atoms with Gasteiger partial charge in [-0.05, 0) is 54.2 Å². The number of aromatic hydroxyl groups is 1. The van der Waals surface area contributed by atoms with Crippen molar-refractivity contribution in [1.29, 1.82) is 0 Å². The van der Waals surface area contributed by atoms with Gasteiger partial charge in [-0.1, -0.05) is 57.9 Å². The maximum Gasteiger partial charge on any atom is 0.514 e. The fraction of sp³-hybridized carbons (Fsp3) is 0.409. The van der Waals surface area contributed by atoms with Crippen LogP contribution < -0.4 is 4.74 Å². The SMILES string of the molecule is CCCC(CC(C)CC)OC(=O)Oc1ccc(-c2ccc(O)cc2)cc1. The van der Waals surface area contributed by atoms with Gasteiger partial charge >= 0.3 is 6.16 Å². The Morgan fingerprint density at radius 1 is 1.00 bits per heavy atom. The highest BCUT2D eigenvalue weighted by Crippen LogP contribution is 2.25. The van der Waals surface area contributed by atoms with Gasteiger partial charge in [-0.25, -0.2) is 4.79 Å². The smallest absolute Gasteiger partial charge is 0.508 e. The summed E-state index contributed by atoms with van der Waals surface area (Å²) in [7, 11) is 0. The molecule has 0 aliphatic heterocycles. The molecule has 0 amide bonds. The molecule has 1 N–H and O–H groups in total. The van der Waals surface area contributed by atoms with E-state index in [0.29, 0.717) is 11.7 Å². The molecule has 26 heavy (non-hydrogen) atoms. The molecule has 0 fully saturated rings. The van der Waals surface area contributed by atoms with Crippen LogP contribution in [0.15, 0.2) is 48.5 Å². The largest absolute Gasteiger partial charge is 0.514 e. The summed E-state index contributed by atoms with van der Waals surface area (Å²) in [4.78, 5) is 12.1. The Balaban J connectivity index is 1.94. The Hall–Kier alpha value is -2.49. The molecule has 0 saturated carbocycles. The zero-order chi connectivity index (χ0) is 18.9. The minimum absolute atomic E-state index is 0.0984. The molecule has 2 aromatic rings. The van der Waals surface area contributed by atoms with Crippen molar-refractivity contribution in [2.24, 2.45) is 5.92 Å². The quantitative estimate of drug-likeness (QED) is 0.453. The summed E-state index contributed by atoms with van der Waals surface area (Å²) < 4.78 is 10.8. The predicted molar refractivity (Wildman–Crippen MR) is 103 cm³/mol. The summed E-state index contributed by atoms with van der Waals surface area (Å²) in [5, 5.41) is 9.36. The second-order valence-electron chi connectivity index (χ2n) is 6.70. The van der Waals surface area contributed by atoms with Crippen molar-refractivity contribution in [3.63, 3.8) is 0 Å². The summed E-state index contributed by atoms with van der Waals surface area (Å²) in [6.07, 6.45) is 2.99. The Morgan fingerprint density at radius 3 is 2.12 bits per heavy atom. The van der Waals surface area contributed by atoms with Crippen LogP contribution in [0.1, 0.15) is 46.5 Å². The fourth-order valence-corrected chi connectivity index (χ4v) is 2.79. The van der Waals surface area contributed by atoms with Gasteiger partial charge in [0.05, 0.1) is 0 Å². The first-order valence-electron chi connectivity index (χ1n) is 9.29. The van der Waals surface area contributed by atoms with Crippen LogP contribution in [-0.2, 0) is 4.74 Å². The molecule has 2 atom stereocenters. The number of hydrogen-bond acceptors (Lipinski definition) is 4. The highest BCUT2D eigenvalue weighted by Gasteiger charge is 2.18. The van der Waals surface area contributed by atoms with Crippen LogP contribution in [0, 0.1) is 5.92 Å². The number of ether oxygens (including phenoxy) is 2. The van der Waals surface area contributed by atoms with Gasteiger partial charge in [-0.15, -0.1) is 0 Å². The van der Waals surface area contributed by atoms with Gasteiger partial charge in [-0.3, -0.25) is 0 Å². The zero-order valence-electron chi connectivity index (χ0n) is 15.8. The Kier molecular flexibility index (Phi) is 7.52. The number of hydrogen-bond donors (Lipinski definition) is 1. The van der Waals surface area contributed by atoms with E-state index in [0.717, 1.165) is 36.8 Å². The van der Waals surface area contributed by atoms with Gasteiger partial charge in [0.1, 0.15) is 17.6 Å². The van der Waals surface area contributed by atoms with Gasteiger partial charge in [0.2, 0.25) is 0 Å². The predicted octanol–water partition coefficient (Wildman–Crippen LogP) is 6.18. The third-order valence-corrected chi connectivity index (χ3v) is 4.49. The van der Waals surface area contributed by atoms with E-state index in [9.17, 15) is 9.90 Å². The average molecular weight is 356 g/mol. The van der Waals surface area contributed by atoms with Gasteiger partial charge in [0, 0.05) is 0 Å². The summed E-state index contributed by atoms with van der Waals surface area (Å²) >= 11 is 0. The van der Waals surface area contributed by atoms with Crippen molar-refractivity contribution < 1.29 is 19.4 Å². The van der Waals surface area contributed by atoms with Crippen LogP contribution >= 0.6 is 0 Å². The van der Waals surface area contributed by atoms with E-state index in [1.165, 1.54) is 0 Å². The monoisotopic (exact) mass is 356 g/mol. The van der Waals surface area contributed by atoms with Gasteiger partial charge in [-0.2, -0.15) is 0 Å². The van der Waals surface area contributed by atoms with Crippen molar-refractivity contribution in [2.75, 3.05) is 0 Å². The molecule has 2 rings (SSSR count). The normalized spacial score (nSPS) is 13.0. The Labute approximate surface area is 155 Å². The lowest BCUT2D eigenvalue weighted by Gasteiger charge is -2.20. The molecule has 0 aromatic heterocycles. The molecule has 0 bridgehead atoms. The van der Waals surface area contributed by atoms with E-state index in [2.05, 4.69) is 20.8 Å². The molecule has 4 heteroatoms. The maximum atomic E-state index is 12.1. The van der Waals surface area contributed by atoms with Crippen molar-refractivity contribution >= 4 is 6.16 Å². The third kappa shape index (κ3) is 6.10. The molecule has 0 heterocycles. The standard InChI is InChI=1S/C22H28O4/c1-4-6-21(15-16(3)5-2)26-22(24)25-20-13-9-18(10-14-20)17-7-11-19(23)12-8-17/h7-14,16,21,23H,4-6,15H2,1-3H3. The van der Waals surface area contributed by atoms with Crippen molar-refractivity contribution in [3.8, 4) is 22.6 Å². The van der Waals surface area contributed by atoms with E-state index < -0.39 is 6.16 Å². The van der Waals surface area contributed by atoms with E-state index >= 15 is 0 Å². The lowest BCUT2D eigenvalue weighted by Crippen LogP contribution is -2.22. The van der Waals surface area contributed by atoms with Crippen LogP contribution in [0.3, 0.4) is 0 Å². The van der Waals surface area contributed by atoms with Crippen molar-refractivity contribution in [3.05, 3.63) is 48.5 Å². The number of carbonyl (C=O) groups excluding carboxylic acids is 1. The van der Waals surface area contributed by atoms with Crippen molar-refractivity contribution in [2.45, 2.75) is 52.6 Å². The molecule has 2 unspecified atom stereocenters. The Morgan fingerprint density at radius 2 is 1.58 bits per heavy atom. The lowest BCUT2D eigenvalue weighted by atomic mass is 9.98. The highest BCUT2D eigenvalue weighted by molar-refractivity contribution is 5.67. The molecule has 2 aromatic carbocycles. The van der Waals surface area contributed by atoms with Gasteiger partial charge < -0.3 is 14.6 Å². The summed E-state index contributed by atoms with van der Waals surface area (Å²) in [6.45, 7) is 6.39. The second kappa shape index (κ2) is 9.85. The third-order valence-electron chi connectivity index (χ3n) is 4.49. The molecule has 140 valence electrons. The molecule has 0 radical (unpaired) electrons. The van der Waals surface area contributed by atoms with Gasteiger partial charge in [0.15, 0.2) is 0 Å². The summed E-state index contributed by atoms with van der Waals surface area (Å²) in [5.41, 5.74) is 1.96. The van der Waals surface area contributed by atoms with Crippen LogP contribution in [0.5, 0.6) is 11.5 Å². The topological polar surface area (TPSA) is 55.8 Å². The zero-order valence-corrected chi connectivity index (χ0v) is 15.8. The number of rotatable bonds is 8. The van der Waals surface area contributed by atoms with Crippen molar-refractivity contribution in [1.82, 2.24) is 0 Å². The molecule has 0 aliphatic carbocycles. The first-order valence-corrected chi connectivity index (χ1v) is 9.29. The van der Waals surface area contributed by atoms with E-state index in [1.807, 2.05) is 24.3 Å². The maximum absolute atomic E-state index is 12.1. The van der Waals surface area contributed by atoms with Crippen LogP contribution in [0.4, 0.5) is 4.79 Å². The van der Waals surface area contributed by atoms with Crippen LogP contribution in [-0.4, -0.2) is 17.4 Å². The molecular weight excluding hydrogens is 328 g/mol. The summed E-state index contributed by atoms with van der Waals surface area (Å²) in [5.74, 6) is 1.20. The van der Waals surface area contributed by atoms with E-state index in [4.69, 9.17) is 9.47 Å². The summed E-state index contributed by atoms with van der Waals surface area (Å²) in [6, 6.07) is 14.2. The molecule has 0 saturated heterocycles. The Bertz CT molecular complexity index is 676. The minimum Gasteiger partial charge on any atom is -0.508 e. The molecular formula is C22H28O4. The highest BCUT2D eigenvalue weighted by atomic mass is 16.7. The van der Waals surface area contributed by atoms with Crippen LogP contribution in [0.25, 0.3) is 11.1 Å². The second-order valence-corrected chi connectivity index (χ2v) is 6.70. The number of carbonyl (C=O) groups is 1. The molecule has 0 spiro atoms. The van der Waals surface area contributed by atoms with Crippen LogP contribution in [0.2, 0.25) is 0 Å². The van der Waals surface area contributed by atoms with Gasteiger partial charge in [0.25, 0.3) is 0 Å². The first-order chi connectivity index (χ1) is 12.5. The number of benzene rings is 2. The average Bonchev–Trinajstić information content (AvgIpc) is 2.63. The first kappa shape index (κ1) is 19.8. The minimum atomic E-state index is -0.649. The molecule has 4 nitrogen and oxygen atoms in total. The molecule has 0 aliphatic rings. The van der Waals surface area contributed by atoms with E-state index in [1.54, 1.807) is 24.3 Å². The fourth-order valence-electron chi connectivity index (χ4n) is 2.79. The number of phenols is 1. The van der Waals surface area contributed by atoms with E-state index in [-0.39, 0.29) is 11.9 Å². The lowest BCUT2D eigenvalue weighted by molar-refractivity contribution is 0.0436.